The Bertz CT molecular complexity index is 247. The van der Waals surface area contributed by atoms with Crippen molar-refractivity contribution >= 4 is 45.2 Å². The summed E-state index contributed by atoms with van der Waals surface area (Å²) in [6.45, 7) is 11.2. The van der Waals surface area contributed by atoms with E-state index in [1.807, 2.05) is 0 Å². The number of ether oxygens (including phenoxy) is 1. The molecule has 0 aliphatic rings. The molecule has 0 bridgehead atoms. The van der Waals surface area contributed by atoms with Crippen molar-refractivity contribution in [1.29, 1.82) is 0 Å². The maximum absolute atomic E-state index is 6.14. The molecule has 0 amide bonds. The third-order valence-corrected chi connectivity index (χ3v) is 8.51. The zero-order valence-corrected chi connectivity index (χ0v) is 21.7. The van der Waals surface area contributed by atoms with Gasteiger partial charge in [-0.25, -0.2) is 0 Å². The summed E-state index contributed by atoms with van der Waals surface area (Å²) in [5.74, 6) is 1.55. The van der Waals surface area contributed by atoms with Gasteiger partial charge in [0, 0.05) is 21.1 Å². The molecule has 4 atom stereocenters. The Morgan fingerprint density at radius 3 is 1.24 bits per heavy atom. The smallest absolute Gasteiger partial charge is 0.0494 e. The van der Waals surface area contributed by atoms with Crippen molar-refractivity contribution in [1.82, 2.24) is 0 Å². The molecule has 0 rings (SSSR count). The van der Waals surface area contributed by atoms with Crippen molar-refractivity contribution in [3.05, 3.63) is 0 Å². The van der Waals surface area contributed by atoms with Crippen LogP contribution in [0.4, 0.5) is 0 Å². The molecule has 0 spiro atoms. The van der Waals surface area contributed by atoms with Crippen molar-refractivity contribution in [3.63, 3.8) is 0 Å². The van der Waals surface area contributed by atoms with Gasteiger partial charge in [0.2, 0.25) is 0 Å². The Morgan fingerprint density at radius 2 is 0.920 bits per heavy atom. The first kappa shape index (κ1) is 26.4. The standard InChI is InChI=1S/C22H44I2O/c1-5-19(13-9-11-15-21(23)7-3)17-25-18-20(6-2)14-10-12-16-22(24)8-4/h19-22H,5-18H2,1-4H3. The molecular formula is C22H44I2O. The fourth-order valence-corrected chi connectivity index (χ4v) is 4.10. The third kappa shape index (κ3) is 16.1. The minimum atomic E-state index is 0.774. The molecule has 0 aromatic rings. The van der Waals surface area contributed by atoms with Crippen LogP contribution < -0.4 is 0 Å². The van der Waals surface area contributed by atoms with Crippen LogP contribution in [0.15, 0.2) is 0 Å². The van der Waals surface area contributed by atoms with Crippen molar-refractivity contribution in [2.75, 3.05) is 13.2 Å². The number of hydrogen-bond donors (Lipinski definition) is 0. The highest BCUT2D eigenvalue weighted by Gasteiger charge is 2.11. The molecule has 152 valence electrons. The lowest BCUT2D eigenvalue weighted by molar-refractivity contribution is 0.0627. The minimum Gasteiger partial charge on any atom is -0.381 e. The van der Waals surface area contributed by atoms with Gasteiger partial charge in [0.25, 0.3) is 0 Å². The van der Waals surface area contributed by atoms with Crippen molar-refractivity contribution < 1.29 is 4.74 Å². The number of alkyl halides is 2. The van der Waals surface area contributed by atoms with Gasteiger partial charge in [-0.3, -0.25) is 0 Å². The number of unbranched alkanes of at least 4 members (excludes halogenated alkanes) is 2. The van der Waals surface area contributed by atoms with E-state index in [4.69, 9.17) is 4.74 Å². The zero-order chi connectivity index (χ0) is 18.9. The summed E-state index contributed by atoms with van der Waals surface area (Å²) in [6, 6.07) is 0. The van der Waals surface area contributed by atoms with Crippen LogP contribution in [0.1, 0.15) is 105 Å². The molecule has 0 aliphatic carbocycles. The Morgan fingerprint density at radius 1 is 0.560 bits per heavy atom. The van der Waals surface area contributed by atoms with Gasteiger partial charge in [0.05, 0.1) is 0 Å². The number of hydrogen-bond acceptors (Lipinski definition) is 1. The van der Waals surface area contributed by atoms with Gasteiger partial charge in [0.15, 0.2) is 0 Å². The number of halogens is 2. The summed E-state index contributed by atoms with van der Waals surface area (Å²) in [7, 11) is 0. The molecule has 0 aliphatic heterocycles. The Kier molecular flexibility index (Phi) is 19.8. The van der Waals surface area contributed by atoms with Gasteiger partial charge < -0.3 is 4.74 Å². The number of rotatable bonds is 18. The van der Waals surface area contributed by atoms with Crippen LogP contribution in [0, 0.1) is 11.8 Å². The van der Waals surface area contributed by atoms with E-state index >= 15 is 0 Å². The molecule has 0 saturated heterocycles. The monoisotopic (exact) mass is 578 g/mol. The summed E-state index contributed by atoms with van der Waals surface area (Å²) >= 11 is 5.20. The molecule has 0 fully saturated rings. The molecule has 0 N–H and O–H groups in total. The second-order valence-corrected chi connectivity index (χ2v) is 11.2. The summed E-state index contributed by atoms with van der Waals surface area (Å²) in [5, 5.41) is 0. The second kappa shape index (κ2) is 18.8. The predicted molar refractivity (Wildman–Crippen MR) is 132 cm³/mol. The van der Waals surface area contributed by atoms with Crippen LogP contribution >= 0.6 is 45.2 Å². The lowest BCUT2D eigenvalue weighted by Gasteiger charge is -2.19. The van der Waals surface area contributed by atoms with E-state index in [1.165, 1.54) is 77.0 Å². The van der Waals surface area contributed by atoms with Crippen molar-refractivity contribution in [2.45, 2.75) is 113 Å². The molecule has 0 saturated carbocycles. The highest BCUT2D eigenvalue weighted by molar-refractivity contribution is 14.1. The zero-order valence-electron chi connectivity index (χ0n) is 17.4. The van der Waals surface area contributed by atoms with E-state index in [-0.39, 0.29) is 0 Å². The summed E-state index contributed by atoms with van der Waals surface area (Å²) in [4.78, 5) is 0. The average Bonchev–Trinajstić information content (AvgIpc) is 2.64. The average molecular weight is 578 g/mol. The molecule has 4 unspecified atom stereocenters. The molecule has 25 heavy (non-hydrogen) atoms. The van der Waals surface area contributed by atoms with Crippen LogP contribution in [0.25, 0.3) is 0 Å². The highest BCUT2D eigenvalue weighted by Crippen LogP contribution is 2.21. The maximum atomic E-state index is 6.14. The lowest BCUT2D eigenvalue weighted by Crippen LogP contribution is -2.15. The van der Waals surface area contributed by atoms with Gasteiger partial charge in [-0.1, -0.05) is 111 Å². The van der Waals surface area contributed by atoms with Crippen LogP contribution in [-0.2, 0) is 4.74 Å². The summed E-state index contributed by atoms with van der Waals surface area (Å²) < 4.78 is 7.88. The van der Waals surface area contributed by atoms with Crippen molar-refractivity contribution in [3.8, 4) is 0 Å². The normalized spacial score (nSPS) is 16.6. The summed E-state index contributed by atoms with van der Waals surface area (Å²) in [6.07, 6.45) is 16.2. The Labute approximate surface area is 186 Å². The topological polar surface area (TPSA) is 9.23 Å². The molecule has 3 heteroatoms. The van der Waals surface area contributed by atoms with Crippen LogP contribution in [0.3, 0.4) is 0 Å². The molecule has 0 aromatic heterocycles. The van der Waals surface area contributed by atoms with Crippen molar-refractivity contribution in [2.24, 2.45) is 11.8 Å². The third-order valence-electron chi connectivity index (χ3n) is 5.51. The van der Waals surface area contributed by atoms with E-state index in [1.54, 1.807) is 0 Å². The highest BCUT2D eigenvalue weighted by atomic mass is 127. The van der Waals surface area contributed by atoms with E-state index < -0.39 is 0 Å². The van der Waals surface area contributed by atoms with Gasteiger partial charge in [0.1, 0.15) is 0 Å². The predicted octanol–water partition coefficient (Wildman–Crippen LogP) is 8.60. The van der Waals surface area contributed by atoms with Crippen LogP contribution in [0.5, 0.6) is 0 Å². The lowest BCUT2D eigenvalue weighted by atomic mass is 9.97. The first-order chi connectivity index (χ1) is 12.1. The van der Waals surface area contributed by atoms with E-state index in [2.05, 4.69) is 72.9 Å². The Hall–Kier alpha value is 1.42. The summed E-state index contributed by atoms with van der Waals surface area (Å²) in [5.41, 5.74) is 0. The van der Waals surface area contributed by atoms with E-state index in [9.17, 15) is 0 Å². The van der Waals surface area contributed by atoms with Gasteiger partial charge in [-0.2, -0.15) is 0 Å². The van der Waals surface area contributed by atoms with Gasteiger partial charge >= 0.3 is 0 Å². The largest absolute Gasteiger partial charge is 0.381 e. The first-order valence-corrected chi connectivity index (χ1v) is 13.4. The quantitative estimate of drug-likeness (QED) is 0.0900. The fraction of sp³-hybridized carbons (Fsp3) is 1.00. The van der Waals surface area contributed by atoms with E-state index in [0.717, 1.165) is 32.9 Å². The molecular weight excluding hydrogens is 534 g/mol. The second-order valence-electron chi connectivity index (χ2n) is 7.67. The van der Waals surface area contributed by atoms with Crippen LogP contribution in [-0.4, -0.2) is 21.1 Å². The molecule has 0 radical (unpaired) electrons. The Balaban J connectivity index is 3.75. The molecule has 0 heterocycles. The SMILES string of the molecule is CCC(I)CCCCC(CC)COCC(CC)CCCCC(I)CC. The molecule has 0 aromatic carbocycles. The van der Waals surface area contributed by atoms with Crippen LogP contribution in [0.2, 0.25) is 0 Å². The fourth-order valence-electron chi connectivity index (χ4n) is 3.22. The van der Waals surface area contributed by atoms with E-state index in [0.29, 0.717) is 0 Å². The first-order valence-electron chi connectivity index (χ1n) is 10.9. The maximum Gasteiger partial charge on any atom is 0.0494 e. The van der Waals surface area contributed by atoms with Gasteiger partial charge in [-0.05, 0) is 50.4 Å². The molecule has 1 nitrogen and oxygen atoms in total. The van der Waals surface area contributed by atoms with Gasteiger partial charge in [-0.15, -0.1) is 0 Å². The minimum absolute atomic E-state index is 0.774.